The van der Waals surface area contributed by atoms with Crippen molar-refractivity contribution in [1.29, 1.82) is 0 Å². The molecule has 1 N–H and O–H groups in total. The molecule has 2 fully saturated rings. The molecule has 2 aliphatic heterocycles. The lowest BCUT2D eigenvalue weighted by Crippen LogP contribution is -2.53. The summed E-state index contributed by atoms with van der Waals surface area (Å²) in [4.78, 5) is 45.6. The molecule has 2 aliphatic rings. The molecule has 0 spiro atoms. The first-order valence-electron chi connectivity index (χ1n) is 10.4. The van der Waals surface area contributed by atoms with Crippen molar-refractivity contribution in [2.45, 2.75) is 49.6 Å². The van der Waals surface area contributed by atoms with Crippen LogP contribution in [0.1, 0.15) is 44.1 Å². The maximum absolute atomic E-state index is 12.4. The van der Waals surface area contributed by atoms with Gasteiger partial charge < -0.3 is 19.6 Å². The SMILES string of the molecule is CC(C)(C)OC(=O)N1CCN(C[C@H]2CCC(=O)N2CCSc2nc(C(=O)O)cs2)CC1. The van der Waals surface area contributed by atoms with Gasteiger partial charge in [-0.05, 0) is 27.2 Å². The molecular formula is C20H30N4O5S2. The predicted octanol–water partition coefficient (Wildman–Crippen LogP) is 2.48. The number of rotatable bonds is 7. The summed E-state index contributed by atoms with van der Waals surface area (Å²) in [5.74, 6) is -0.172. The quantitative estimate of drug-likeness (QED) is 0.606. The van der Waals surface area contributed by atoms with Crippen LogP contribution in [0.3, 0.4) is 0 Å². The van der Waals surface area contributed by atoms with Crippen LogP contribution in [0.15, 0.2) is 9.72 Å². The fourth-order valence-corrected chi connectivity index (χ4v) is 5.49. The zero-order valence-electron chi connectivity index (χ0n) is 18.2. The smallest absolute Gasteiger partial charge is 0.410 e. The van der Waals surface area contributed by atoms with Gasteiger partial charge in [0.2, 0.25) is 5.91 Å². The van der Waals surface area contributed by atoms with Crippen molar-refractivity contribution in [3.8, 4) is 0 Å². The molecular weight excluding hydrogens is 440 g/mol. The van der Waals surface area contributed by atoms with Gasteiger partial charge in [0.25, 0.3) is 0 Å². The second-order valence-corrected chi connectivity index (χ2v) is 10.9. The fraction of sp³-hybridized carbons (Fsp3) is 0.700. The van der Waals surface area contributed by atoms with Crippen molar-refractivity contribution in [3.63, 3.8) is 0 Å². The molecule has 1 atom stereocenters. The molecule has 31 heavy (non-hydrogen) atoms. The van der Waals surface area contributed by atoms with Gasteiger partial charge in [0.05, 0.1) is 0 Å². The number of thioether (sulfide) groups is 1. The van der Waals surface area contributed by atoms with Crippen molar-refractivity contribution in [2.75, 3.05) is 45.0 Å². The molecule has 0 aliphatic carbocycles. The van der Waals surface area contributed by atoms with Crippen LogP contribution < -0.4 is 0 Å². The Morgan fingerprint density at radius 1 is 1.29 bits per heavy atom. The third-order valence-electron chi connectivity index (χ3n) is 5.21. The highest BCUT2D eigenvalue weighted by Gasteiger charge is 2.33. The van der Waals surface area contributed by atoms with Crippen LogP contribution in [-0.4, -0.2) is 99.4 Å². The van der Waals surface area contributed by atoms with E-state index in [-0.39, 0.29) is 23.7 Å². The van der Waals surface area contributed by atoms with E-state index in [0.717, 1.165) is 26.1 Å². The van der Waals surface area contributed by atoms with Crippen molar-refractivity contribution < 1.29 is 24.2 Å². The Morgan fingerprint density at radius 2 is 2.00 bits per heavy atom. The van der Waals surface area contributed by atoms with E-state index in [4.69, 9.17) is 9.84 Å². The summed E-state index contributed by atoms with van der Waals surface area (Å²) in [7, 11) is 0. The molecule has 3 heterocycles. The van der Waals surface area contributed by atoms with Gasteiger partial charge in [0, 0.05) is 62.9 Å². The van der Waals surface area contributed by atoms with Crippen molar-refractivity contribution in [2.24, 2.45) is 0 Å². The zero-order valence-corrected chi connectivity index (χ0v) is 19.8. The molecule has 1 aromatic heterocycles. The summed E-state index contributed by atoms with van der Waals surface area (Å²) in [5.41, 5.74) is -0.432. The Kier molecular flexibility index (Phi) is 7.82. The number of ether oxygens (including phenoxy) is 1. The second kappa shape index (κ2) is 10.2. The van der Waals surface area contributed by atoms with Gasteiger partial charge in [-0.2, -0.15) is 0 Å². The van der Waals surface area contributed by atoms with Crippen LogP contribution in [0.2, 0.25) is 0 Å². The highest BCUT2D eigenvalue weighted by molar-refractivity contribution is 8.01. The minimum absolute atomic E-state index is 0.0631. The third-order valence-corrected chi connectivity index (χ3v) is 7.21. The molecule has 0 saturated carbocycles. The molecule has 9 nitrogen and oxygen atoms in total. The molecule has 0 radical (unpaired) electrons. The Labute approximate surface area is 190 Å². The van der Waals surface area contributed by atoms with Gasteiger partial charge in [-0.3, -0.25) is 9.69 Å². The highest BCUT2D eigenvalue weighted by Crippen LogP contribution is 2.25. The monoisotopic (exact) mass is 470 g/mol. The van der Waals surface area contributed by atoms with E-state index in [2.05, 4.69) is 9.88 Å². The molecule has 3 rings (SSSR count). The highest BCUT2D eigenvalue weighted by atomic mass is 32.2. The standard InChI is InChI=1S/C20H30N4O5S2/c1-20(2,3)29-19(28)23-8-6-22(7-9-23)12-14-4-5-16(25)24(14)10-11-30-18-21-15(13-31-18)17(26)27/h13-14H,4-12H2,1-3H3,(H,26,27)/t14-/m1/s1. The summed E-state index contributed by atoms with van der Waals surface area (Å²) in [6.07, 6.45) is 1.14. The maximum atomic E-state index is 12.4. The molecule has 1 aromatic rings. The Balaban J connectivity index is 1.44. The van der Waals surface area contributed by atoms with Crippen molar-refractivity contribution in [3.05, 3.63) is 11.1 Å². The summed E-state index contributed by atoms with van der Waals surface area (Å²) < 4.78 is 6.16. The number of piperazine rings is 1. The number of nitrogens with zero attached hydrogens (tertiary/aromatic N) is 4. The van der Waals surface area contributed by atoms with Crippen molar-refractivity contribution in [1.82, 2.24) is 19.7 Å². The van der Waals surface area contributed by atoms with Gasteiger partial charge in [0.1, 0.15) is 5.60 Å². The van der Waals surface area contributed by atoms with Gasteiger partial charge in [-0.15, -0.1) is 11.3 Å². The van der Waals surface area contributed by atoms with E-state index in [1.54, 1.807) is 4.90 Å². The average Bonchev–Trinajstić information content (AvgIpc) is 3.29. The van der Waals surface area contributed by atoms with E-state index >= 15 is 0 Å². The van der Waals surface area contributed by atoms with Gasteiger partial charge in [0.15, 0.2) is 10.0 Å². The van der Waals surface area contributed by atoms with E-state index in [9.17, 15) is 14.4 Å². The first-order chi connectivity index (χ1) is 14.6. The lowest BCUT2D eigenvalue weighted by atomic mass is 10.2. The van der Waals surface area contributed by atoms with Gasteiger partial charge >= 0.3 is 12.1 Å². The summed E-state index contributed by atoms with van der Waals surface area (Å²) in [6.45, 7) is 9.81. The number of carbonyl (C=O) groups is 3. The van der Waals surface area contributed by atoms with E-state index in [1.807, 2.05) is 25.7 Å². The van der Waals surface area contributed by atoms with Crippen LogP contribution in [-0.2, 0) is 9.53 Å². The number of carbonyl (C=O) groups excluding carboxylic acids is 2. The number of thiazole rings is 1. The van der Waals surface area contributed by atoms with Crippen LogP contribution in [0.5, 0.6) is 0 Å². The fourth-order valence-electron chi connectivity index (χ4n) is 3.68. The number of aromatic carboxylic acids is 1. The van der Waals surface area contributed by atoms with E-state index in [0.29, 0.717) is 36.1 Å². The molecule has 172 valence electrons. The first kappa shape index (κ1) is 23.8. The van der Waals surface area contributed by atoms with E-state index in [1.165, 1.54) is 28.5 Å². The van der Waals surface area contributed by atoms with E-state index < -0.39 is 11.6 Å². The molecule has 0 unspecified atom stereocenters. The third kappa shape index (κ3) is 6.81. The van der Waals surface area contributed by atoms with Crippen LogP contribution in [0, 0.1) is 0 Å². The molecule has 2 saturated heterocycles. The number of likely N-dealkylation sites (tertiary alicyclic amines) is 1. The number of amides is 2. The minimum atomic E-state index is -1.02. The lowest BCUT2D eigenvalue weighted by molar-refractivity contribution is -0.128. The average molecular weight is 471 g/mol. The number of hydrogen-bond acceptors (Lipinski definition) is 8. The number of hydrogen-bond donors (Lipinski definition) is 1. The normalized spacial score (nSPS) is 20.4. The second-order valence-electron chi connectivity index (χ2n) is 8.70. The summed E-state index contributed by atoms with van der Waals surface area (Å²) in [6, 6.07) is 0.173. The topological polar surface area (TPSA) is 103 Å². The summed E-state index contributed by atoms with van der Waals surface area (Å²) in [5, 5.41) is 10.5. The van der Waals surface area contributed by atoms with Crippen LogP contribution in [0.4, 0.5) is 4.79 Å². The zero-order chi connectivity index (χ0) is 22.6. The Morgan fingerprint density at radius 3 is 2.61 bits per heavy atom. The molecule has 11 heteroatoms. The Bertz CT molecular complexity index is 802. The first-order valence-corrected chi connectivity index (χ1v) is 12.3. The molecule has 0 aromatic carbocycles. The van der Waals surface area contributed by atoms with Crippen molar-refractivity contribution >= 4 is 41.1 Å². The largest absolute Gasteiger partial charge is 0.476 e. The molecule has 0 bridgehead atoms. The maximum Gasteiger partial charge on any atom is 0.410 e. The van der Waals surface area contributed by atoms with Crippen LogP contribution in [0.25, 0.3) is 0 Å². The Hall–Kier alpha value is -1.85. The van der Waals surface area contributed by atoms with Crippen LogP contribution >= 0.6 is 23.1 Å². The number of carboxylic acids is 1. The van der Waals surface area contributed by atoms with Gasteiger partial charge in [-0.25, -0.2) is 14.6 Å². The predicted molar refractivity (Wildman–Crippen MR) is 119 cm³/mol. The lowest BCUT2D eigenvalue weighted by Gasteiger charge is -2.37. The van der Waals surface area contributed by atoms with Gasteiger partial charge in [-0.1, -0.05) is 11.8 Å². The number of aromatic nitrogens is 1. The summed E-state index contributed by atoms with van der Waals surface area (Å²) >= 11 is 2.80. The molecule has 2 amide bonds. The minimum Gasteiger partial charge on any atom is -0.476 e. The number of carboxylic acid groups (broad SMARTS) is 1.